The van der Waals surface area contributed by atoms with E-state index in [1.807, 2.05) is 55.5 Å². The number of benzene rings is 3. The van der Waals surface area contributed by atoms with Gasteiger partial charge in [0.15, 0.2) is 0 Å². The number of pyridine rings is 1. The van der Waals surface area contributed by atoms with Gasteiger partial charge >= 0.3 is 6.03 Å². The lowest BCUT2D eigenvalue weighted by Gasteiger charge is -2.26. The summed E-state index contributed by atoms with van der Waals surface area (Å²) >= 11 is 0. The number of nitrogens with one attached hydrogen (secondary N) is 4. The first-order valence-corrected chi connectivity index (χ1v) is 18.6. The predicted octanol–water partition coefficient (Wildman–Crippen LogP) is 7.33. The zero-order valence-corrected chi connectivity index (χ0v) is 31.4. The summed E-state index contributed by atoms with van der Waals surface area (Å²) in [5.41, 5.74) is 10.9. The second kappa shape index (κ2) is 17.7. The maximum absolute atomic E-state index is 13.6. The van der Waals surface area contributed by atoms with Crippen molar-refractivity contribution in [1.82, 2.24) is 29.6 Å². The van der Waals surface area contributed by atoms with E-state index in [1.165, 1.54) is 6.21 Å². The Morgan fingerprint density at radius 2 is 1.84 bits per heavy atom. The molecule has 0 bridgehead atoms. The summed E-state index contributed by atoms with van der Waals surface area (Å²) in [5.74, 6) is 2.22. The second-order valence-electron chi connectivity index (χ2n) is 13.3. The lowest BCUT2D eigenvalue weighted by Crippen LogP contribution is -2.38. The summed E-state index contributed by atoms with van der Waals surface area (Å²) in [6.07, 6.45) is 7.27. The number of nitrogen functional groups attached to an aromatic ring is 1. The van der Waals surface area contributed by atoms with Gasteiger partial charge in [0.05, 0.1) is 36.5 Å². The van der Waals surface area contributed by atoms with Crippen molar-refractivity contribution in [2.75, 3.05) is 61.1 Å². The average molecular weight is 756 g/mol. The van der Waals surface area contributed by atoms with Gasteiger partial charge in [-0.25, -0.2) is 19.4 Å². The molecule has 3 aromatic carbocycles. The van der Waals surface area contributed by atoms with Gasteiger partial charge in [0.25, 0.3) is 0 Å². The number of amides is 2. The number of morpholine rings is 1. The van der Waals surface area contributed by atoms with Crippen LogP contribution in [0.1, 0.15) is 36.6 Å². The van der Waals surface area contributed by atoms with Gasteiger partial charge in [0.2, 0.25) is 17.7 Å². The lowest BCUT2D eigenvalue weighted by atomic mass is 10.1. The number of fused-ring (bicyclic) bond motifs is 1. The number of aromatic nitrogens is 5. The molecule has 4 heterocycles. The number of ether oxygens (including phenoxy) is 3. The first-order valence-electron chi connectivity index (χ1n) is 18.6. The van der Waals surface area contributed by atoms with E-state index in [4.69, 9.17) is 30.5 Å². The molecule has 1 aliphatic rings. The summed E-state index contributed by atoms with van der Waals surface area (Å²) in [4.78, 5) is 29.3. The smallest absolute Gasteiger partial charge is 0.324 e. The van der Waals surface area contributed by atoms with Crippen molar-refractivity contribution in [2.45, 2.75) is 33.1 Å². The van der Waals surface area contributed by atoms with E-state index in [-0.39, 0.29) is 0 Å². The highest BCUT2D eigenvalue weighted by molar-refractivity contribution is 6.07. The summed E-state index contributed by atoms with van der Waals surface area (Å²) in [6, 6.07) is 21.7. The Hall–Kier alpha value is -6.58. The van der Waals surface area contributed by atoms with Crippen LogP contribution in [0.5, 0.6) is 17.5 Å². The number of hydrogen-bond donors (Lipinski definition) is 5. The molecule has 7 rings (SSSR count). The second-order valence-corrected chi connectivity index (χ2v) is 13.3. The minimum atomic E-state index is -0.432. The van der Waals surface area contributed by atoms with Gasteiger partial charge in [-0.15, -0.1) is 0 Å². The fourth-order valence-corrected chi connectivity index (χ4v) is 6.34. The molecule has 0 radical (unpaired) electrons. The minimum Gasteiger partial charge on any atom is -0.476 e. The highest BCUT2D eigenvalue weighted by atomic mass is 16.5. The van der Waals surface area contributed by atoms with Crippen molar-refractivity contribution in [3.05, 3.63) is 102 Å². The van der Waals surface area contributed by atoms with Crippen molar-refractivity contribution < 1.29 is 19.0 Å². The number of rotatable bonds is 15. The van der Waals surface area contributed by atoms with Crippen molar-refractivity contribution in [3.63, 3.8) is 0 Å². The number of nitrogens with zero attached hydrogens (tertiary/aromatic N) is 6. The van der Waals surface area contributed by atoms with Crippen LogP contribution in [-0.2, 0) is 11.2 Å². The molecule has 0 spiro atoms. The van der Waals surface area contributed by atoms with E-state index in [0.717, 1.165) is 74.1 Å². The number of urea groups is 1. The highest BCUT2D eigenvalue weighted by Gasteiger charge is 2.17. The quantitative estimate of drug-likeness (QED) is 0.0521. The van der Waals surface area contributed by atoms with Crippen LogP contribution in [0.15, 0.2) is 85.2 Å². The van der Waals surface area contributed by atoms with Crippen LogP contribution in [0, 0.1) is 12.3 Å². The molecule has 15 nitrogen and oxygen atoms in total. The molecule has 15 heteroatoms. The molecule has 2 amide bonds. The Bertz CT molecular complexity index is 2310. The summed E-state index contributed by atoms with van der Waals surface area (Å²) in [6.45, 7) is 8.65. The van der Waals surface area contributed by atoms with Crippen LogP contribution in [0.25, 0.3) is 16.5 Å². The Labute approximate surface area is 324 Å². The zero-order chi connectivity index (χ0) is 38.9. The molecule has 6 aromatic rings. The number of hydrogen-bond acceptors (Lipinski definition) is 12. The third-order valence-electron chi connectivity index (χ3n) is 9.32. The van der Waals surface area contributed by atoms with Crippen LogP contribution in [0.3, 0.4) is 0 Å². The van der Waals surface area contributed by atoms with Crippen LogP contribution in [0.4, 0.5) is 33.6 Å². The third kappa shape index (κ3) is 9.19. The van der Waals surface area contributed by atoms with Gasteiger partial charge < -0.3 is 36.0 Å². The SMILES string of the molecule is CCCCc1cc(NC(=O)Nc2ccc(Oc3ccnc(Nc4cc(C)c(N)c(C=N)c4)n3)c3ccccc23)n(-c2ccc(OCCN3CCOCC3)nc2)n1. The molecule has 288 valence electrons. The van der Waals surface area contributed by atoms with E-state index < -0.39 is 6.03 Å². The van der Waals surface area contributed by atoms with Crippen LogP contribution >= 0.6 is 0 Å². The van der Waals surface area contributed by atoms with Crippen molar-refractivity contribution in [1.29, 1.82) is 5.41 Å². The lowest BCUT2D eigenvalue weighted by molar-refractivity contribution is 0.0320. The maximum Gasteiger partial charge on any atom is 0.324 e. The summed E-state index contributed by atoms with van der Waals surface area (Å²) < 4.78 is 19.3. The molecule has 1 aliphatic heterocycles. The Morgan fingerprint density at radius 3 is 2.62 bits per heavy atom. The highest BCUT2D eigenvalue weighted by Crippen LogP contribution is 2.34. The van der Waals surface area contributed by atoms with Crippen molar-refractivity contribution in [2.24, 2.45) is 0 Å². The molecule has 0 unspecified atom stereocenters. The summed E-state index contributed by atoms with van der Waals surface area (Å²) in [5, 5.41) is 23.2. The number of anilines is 5. The van der Waals surface area contributed by atoms with Gasteiger partial charge in [-0.2, -0.15) is 10.1 Å². The third-order valence-corrected chi connectivity index (χ3v) is 9.32. The standard InChI is InChI=1S/C41H45N11O4/c1-3-4-7-29-24-36(52(50-29)31-10-13-37(45-26-31)55-21-18-51-16-19-54-20-17-51)48-41(53)47-34-11-12-35(33-9-6-5-8-32(33)34)56-38-14-15-44-40(49-38)46-30-22-27(2)39(43)28(23-30)25-42/h5-6,8-15,22-26,42H,3-4,7,16-21,43H2,1-2H3,(H,44,46,49)(H2,47,48,53). The molecular weight excluding hydrogens is 711 g/mol. The zero-order valence-electron chi connectivity index (χ0n) is 31.4. The predicted molar refractivity (Wildman–Crippen MR) is 218 cm³/mol. The first-order chi connectivity index (χ1) is 27.4. The van der Waals surface area contributed by atoms with Crippen molar-refractivity contribution >= 4 is 51.8 Å². The number of carbonyl (C=O) groups is 1. The van der Waals surface area contributed by atoms with E-state index in [2.05, 4.69) is 42.7 Å². The normalized spacial score (nSPS) is 13.0. The fourth-order valence-electron chi connectivity index (χ4n) is 6.34. The van der Waals surface area contributed by atoms with Gasteiger partial charge in [0.1, 0.15) is 18.2 Å². The van der Waals surface area contributed by atoms with E-state index in [1.54, 1.807) is 41.3 Å². The van der Waals surface area contributed by atoms with Crippen LogP contribution in [0.2, 0.25) is 0 Å². The van der Waals surface area contributed by atoms with Crippen LogP contribution in [-0.4, -0.2) is 81.3 Å². The molecule has 56 heavy (non-hydrogen) atoms. The topological polar surface area (TPSA) is 190 Å². The van der Waals surface area contributed by atoms with Crippen LogP contribution < -0.4 is 31.2 Å². The van der Waals surface area contributed by atoms with E-state index in [9.17, 15) is 4.79 Å². The molecule has 0 atom stereocenters. The van der Waals surface area contributed by atoms with Gasteiger partial charge in [-0.05, 0) is 55.7 Å². The van der Waals surface area contributed by atoms with Gasteiger partial charge in [-0.3, -0.25) is 10.2 Å². The first kappa shape index (κ1) is 37.7. The molecule has 6 N–H and O–H groups in total. The van der Waals surface area contributed by atoms with Gasteiger partial charge in [-0.1, -0.05) is 37.6 Å². The largest absolute Gasteiger partial charge is 0.476 e. The monoisotopic (exact) mass is 755 g/mol. The van der Waals surface area contributed by atoms with E-state index >= 15 is 0 Å². The fraction of sp³-hybridized carbons (Fsp3) is 0.268. The van der Waals surface area contributed by atoms with Gasteiger partial charge in [0, 0.05) is 78.0 Å². The Kier molecular flexibility index (Phi) is 11.9. The molecule has 1 fully saturated rings. The van der Waals surface area contributed by atoms with E-state index in [0.29, 0.717) is 64.2 Å². The molecule has 1 saturated heterocycles. The molecule has 3 aromatic heterocycles. The molecule has 0 aliphatic carbocycles. The Balaban J connectivity index is 1.04. The van der Waals surface area contributed by atoms with Crippen molar-refractivity contribution in [3.8, 4) is 23.2 Å². The number of unbranched alkanes of at least 4 members (excludes halogenated alkanes) is 1. The number of aryl methyl sites for hydroxylation is 2. The summed E-state index contributed by atoms with van der Waals surface area (Å²) in [7, 11) is 0. The Morgan fingerprint density at radius 1 is 1.00 bits per heavy atom. The molecule has 0 saturated carbocycles. The number of nitrogens with two attached hydrogens (primary N) is 1. The molecular formula is C41H45N11O4. The maximum atomic E-state index is 13.6. The number of carbonyl (C=O) groups excluding carboxylic acids is 1. The average Bonchev–Trinajstić information content (AvgIpc) is 3.62. The minimum absolute atomic E-state index is 0.318.